The number of nitrogens with zero attached hydrogens (tertiary/aromatic N) is 2. The topological polar surface area (TPSA) is 53.3 Å². The molecule has 2 fully saturated rings. The van der Waals surface area contributed by atoms with Gasteiger partial charge in [0, 0.05) is 12.6 Å². The van der Waals surface area contributed by atoms with Gasteiger partial charge in [0.05, 0.1) is 24.5 Å². The number of rotatable bonds is 3. The average Bonchev–Trinajstić information content (AvgIpc) is 2.87. The van der Waals surface area contributed by atoms with Crippen LogP contribution in [-0.4, -0.2) is 36.6 Å². The summed E-state index contributed by atoms with van der Waals surface area (Å²) in [4.78, 5) is 14.1. The molecule has 1 aliphatic heterocycles. The number of hydrogen-bond donors (Lipinski definition) is 0. The Hall–Kier alpha value is -1.08. The smallest absolute Gasteiger partial charge is 0.310 e. The van der Waals surface area contributed by atoms with Crippen LogP contribution in [0.4, 0.5) is 0 Å². The number of hydrogen-bond acceptors (Lipinski definition) is 4. The van der Waals surface area contributed by atoms with E-state index in [-0.39, 0.29) is 17.8 Å². The number of likely N-dealkylation sites (tertiary alicyclic amines) is 1. The summed E-state index contributed by atoms with van der Waals surface area (Å²) in [5.41, 5.74) is 0. The van der Waals surface area contributed by atoms with Gasteiger partial charge >= 0.3 is 5.97 Å². The minimum atomic E-state index is -0.0614. The van der Waals surface area contributed by atoms with E-state index in [2.05, 4.69) is 11.0 Å². The summed E-state index contributed by atoms with van der Waals surface area (Å²) in [6.07, 6.45) is 5.23. The SMILES string of the molecule is CCOC(=O)C1CCCN(C2CCCC2C#N)C1. The van der Waals surface area contributed by atoms with Crippen molar-refractivity contribution in [3.05, 3.63) is 0 Å². The highest BCUT2D eigenvalue weighted by atomic mass is 16.5. The van der Waals surface area contributed by atoms with Gasteiger partial charge < -0.3 is 4.74 Å². The summed E-state index contributed by atoms with van der Waals surface area (Å²) in [7, 11) is 0. The molecule has 0 aromatic rings. The second-order valence-corrected chi connectivity index (χ2v) is 5.32. The van der Waals surface area contributed by atoms with Crippen LogP contribution in [0, 0.1) is 23.2 Å². The van der Waals surface area contributed by atoms with E-state index in [0.717, 1.165) is 45.2 Å². The van der Waals surface area contributed by atoms with Crippen LogP contribution in [0.15, 0.2) is 0 Å². The Kier molecular flexibility index (Phi) is 4.60. The number of esters is 1. The Morgan fingerprint density at radius 1 is 1.39 bits per heavy atom. The van der Waals surface area contributed by atoms with Crippen molar-refractivity contribution in [2.45, 2.75) is 45.1 Å². The molecule has 4 nitrogen and oxygen atoms in total. The fourth-order valence-corrected chi connectivity index (χ4v) is 3.29. The molecule has 1 aliphatic carbocycles. The van der Waals surface area contributed by atoms with E-state index in [1.54, 1.807) is 0 Å². The van der Waals surface area contributed by atoms with E-state index in [1.165, 1.54) is 0 Å². The molecule has 2 rings (SSSR count). The Bertz CT molecular complexity index is 337. The average molecular weight is 250 g/mol. The second-order valence-electron chi connectivity index (χ2n) is 5.32. The number of nitriles is 1. The Balaban J connectivity index is 1.94. The van der Waals surface area contributed by atoms with E-state index in [9.17, 15) is 4.79 Å². The van der Waals surface area contributed by atoms with Crippen molar-refractivity contribution in [2.24, 2.45) is 11.8 Å². The normalized spacial score (nSPS) is 33.0. The molecule has 0 radical (unpaired) electrons. The second kappa shape index (κ2) is 6.19. The van der Waals surface area contributed by atoms with E-state index < -0.39 is 0 Å². The summed E-state index contributed by atoms with van der Waals surface area (Å²) < 4.78 is 5.11. The van der Waals surface area contributed by atoms with Crippen LogP contribution < -0.4 is 0 Å². The Morgan fingerprint density at radius 3 is 2.94 bits per heavy atom. The minimum absolute atomic E-state index is 0.0126. The van der Waals surface area contributed by atoms with E-state index >= 15 is 0 Å². The van der Waals surface area contributed by atoms with Crippen LogP contribution in [0.2, 0.25) is 0 Å². The molecule has 0 bridgehead atoms. The van der Waals surface area contributed by atoms with Crippen LogP contribution >= 0.6 is 0 Å². The van der Waals surface area contributed by atoms with Crippen molar-refractivity contribution in [1.29, 1.82) is 5.26 Å². The first-order valence-electron chi connectivity index (χ1n) is 7.06. The van der Waals surface area contributed by atoms with E-state index in [0.29, 0.717) is 12.6 Å². The standard InChI is InChI=1S/C14H22N2O2/c1-2-18-14(17)12-6-4-8-16(10-12)13-7-3-5-11(13)9-15/h11-13H,2-8,10H2,1H3. The molecule has 1 heterocycles. The van der Waals surface area contributed by atoms with Gasteiger partial charge in [0.25, 0.3) is 0 Å². The van der Waals surface area contributed by atoms with Gasteiger partial charge in [0.1, 0.15) is 0 Å². The molecule has 0 aromatic heterocycles. The zero-order valence-corrected chi connectivity index (χ0v) is 11.1. The van der Waals surface area contributed by atoms with E-state index in [4.69, 9.17) is 10.00 Å². The van der Waals surface area contributed by atoms with Crippen molar-refractivity contribution in [1.82, 2.24) is 4.90 Å². The molecule has 3 unspecified atom stereocenters. The number of carbonyl (C=O) groups excluding carboxylic acids is 1. The minimum Gasteiger partial charge on any atom is -0.466 e. The van der Waals surface area contributed by atoms with Gasteiger partial charge in [-0.1, -0.05) is 6.42 Å². The van der Waals surface area contributed by atoms with Gasteiger partial charge in [-0.2, -0.15) is 5.26 Å². The largest absolute Gasteiger partial charge is 0.466 e. The zero-order valence-electron chi connectivity index (χ0n) is 11.1. The number of ether oxygens (including phenoxy) is 1. The molecule has 1 saturated carbocycles. The maximum absolute atomic E-state index is 11.8. The monoisotopic (exact) mass is 250 g/mol. The van der Waals surface area contributed by atoms with Crippen molar-refractivity contribution >= 4 is 5.97 Å². The molecule has 0 N–H and O–H groups in total. The lowest BCUT2D eigenvalue weighted by Gasteiger charge is -2.36. The Morgan fingerprint density at radius 2 is 2.22 bits per heavy atom. The van der Waals surface area contributed by atoms with E-state index in [1.807, 2.05) is 6.92 Å². The van der Waals surface area contributed by atoms with Gasteiger partial charge in [-0.15, -0.1) is 0 Å². The van der Waals surface area contributed by atoms with Crippen LogP contribution in [0.3, 0.4) is 0 Å². The lowest BCUT2D eigenvalue weighted by Crippen LogP contribution is -2.46. The number of carbonyl (C=O) groups is 1. The summed E-state index contributed by atoms with van der Waals surface area (Å²) in [5.74, 6) is 0.110. The van der Waals surface area contributed by atoms with Crippen molar-refractivity contribution in [3.63, 3.8) is 0 Å². The summed E-state index contributed by atoms with van der Waals surface area (Å²) in [6.45, 7) is 4.11. The highest BCUT2D eigenvalue weighted by Crippen LogP contribution is 2.32. The molecule has 4 heteroatoms. The lowest BCUT2D eigenvalue weighted by atomic mass is 9.94. The van der Waals surface area contributed by atoms with Gasteiger partial charge in [0.15, 0.2) is 0 Å². The molecule has 3 atom stereocenters. The number of piperidine rings is 1. The summed E-state index contributed by atoms with van der Waals surface area (Å²) >= 11 is 0. The quantitative estimate of drug-likeness (QED) is 0.718. The van der Waals surface area contributed by atoms with Gasteiger partial charge in [0.2, 0.25) is 0 Å². The van der Waals surface area contributed by atoms with Crippen LogP contribution in [-0.2, 0) is 9.53 Å². The molecular weight excluding hydrogens is 228 g/mol. The molecule has 18 heavy (non-hydrogen) atoms. The fraction of sp³-hybridized carbons (Fsp3) is 0.857. The first-order chi connectivity index (χ1) is 8.76. The summed E-state index contributed by atoms with van der Waals surface area (Å²) in [5, 5.41) is 9.16. The first-order valence-corrected chi connectivity index (χ1v) is 7.06. The van der Waals surface area contributed by atoms with Crippen LogP contribution in [0.25, 0.3) is 0 Å². The third-order valence-electron chi connectivity index (χ3n) is 4.19. The van der Waals surface area contributed by atoms with Crippen LogP contribution in [0.1, 0.15) is 39.0 Å². The molecule has 2 aliphatic rings. The van der Waals surface area contributed by atoms with Crippen molar-refractivity contribution in [2.75, 3.05) is 19.7 Å². The maximum atomic E-state index is 11.8. The molecule has 1 saturated heterocycles. The predicted molar refractivity (Wildman–Crippen MR) is 67.7 cm³/mol. The van der Waals surface area contributed by atoms with Gasteiger partial charge in [-0.3, -0.25) is 9.69 Å². The highest BCUT2D eigenvalue weighted by Gasteiger charge is 2.36. The zero-order chi connectivity index (χ0) is 13.0. The summed E-state index contributed by atoms with van der Waals surface area (Å²) in [6, 6.07) is 2.79. The third-order valence-corrected chi connectivity index (χ3v) is 4.19. The first kappa shape index (κ1) is 13.4. The Labute approximate surface area is 109 Å². The van der Waals surface area contributed by atoms with Gasteiger partial charge in [-0.25, -0.2) is 0 Å². The maximum Gasteiger partial charge on any atom is 0.310 e. The predicted octanol–water partition coefficient (Wildman–Crippen LogP) is 1.95. The lowest BCUT2D eigenvalue weighted by molar-refractivity contribution is -0.150. The molecule has 100 valence electrons. The third kappa shape index (κ3) is 2.84. The highest BCUT2D eigenvalue weighted by molar-refractivity contribution is 5.72. The van der Waals surface area contributed by atoms with Crippen LogP contribution in [0.5, 0.6) is 0 Å². The van der Waals surface area contributed by atoms with Crippen molar-refractivity contribution < 1.29 is 9.53 Å². The fourth-order valence-electron chi connectivity index (χ4n) is 3.29. The van der Waals surface area contributed by atoms with Gasteiger partial charge in [-0.05, 0) is 39.2 Å². The molecule has 0 amide bonds. The molecule has 0 aromatic carbocycles. The molecular formula is C14H22N2O2. The molecule has 0 spiro atoms. The van der Waals surface area contributed by atoms with Crippen molar-refractivity contribution in [3.8, 4) is 6.07 Å².